The van der Waals surface area contributed by atoms with Crippen LogP contribution in [-0.2, 0) is 12.3 Å². The SMILES string of the molecule is O=C(Nc1ccccc1)c1ccc(CSc2nnc(N3CCCCC3)n2Cc2ccco2)cc1. The number of hydrogen-bond acceptors (Lipinski definition) is 6. The highest BCUT2D eigenvalue weighted by Gasteiger charge is 2.21. The molecule has 2 aromatic heterocycles. The second-order valence-corrected chi connectivity index (χ2v) is 9.24. The first-order valence-corrected chi connectivity index (χ1v) is 12.5. The molecule has 0 spiro atoms. The molecule has 0 unspecified atom stereocenters. The molecule has 1 aliphatic rings. The van der Waals surface area contributed by atoms with Gasteiger partial charge in [0.1, 0.15) is 5.76 Å². The Labute approximate surface area is 203 Å². The average Bonchev–Trinajstić information content (AvgIpc) is 3.55. The Balaban J connectivity index is 1.27. The summed E-state index contributed by atoms with van der Waals surface area (Å²) >= 11 is 1.64. The minimum Gasteiger partial charge on any atom is -0.467 e. The molecular weight excluding hydrogens is 446 g/mol. The van der Waals surface area contributed by atoms with Crippen molar-refractivity contribution < 1.29 is 9.21 Å². The molecule has 174 valence electrons. The van der Waals surface area contributed by atoms with Gasteiger partial charge in [-0.2, -0.15) is 0 Å². The number of piperidine rings is 1. The van der Waals surface area contributed by atoms with Gasteiger partial charge in [-0.1, -0.05) is 42.1 Å². The predicted molar refractivity (Wildman–Crippen MR) is 134 cm³/mol. The molecule has 0 atom stereocenters. The summed E-state index contributed by atoms with van der Waals surface area (Å²) in [6.07, 6.45) is 5.33. The summed E-state index contributed by atoms with van der Waals surface area (Å²) in [6, 6.07) is 21.1. The molecule has 0 radical (unpaired) electrons. The predicted octanol–water partition coefficient (Wildman–Crippen LogP) is 5.45. The number of anilines is 2. The maximum Gasteiger partial charge on any atom is 0.255 e. The summed E-state index contributed by atoms with van der Waals surface area (Å²) in [5.74, 6) is 2.41. The summed E-state index contributed by atoms with van der Waals surface area (Å²) < 4.78 is 7.75. The second kappa shape index (κ2) is 10.6. The van der Waals surface area contributed by atoms with Crippen LogP contribution in [0.1, 0.15) is 40.9 Å². The number of hydrogen-bond donors (Lipinski definition) is 1. The van der Waals surface area contributed by atoms with Crippen LogP contribution in [0, 0.1) is 0 Å². The number of nitrogens with zero attached hydrogens (tertiary/aromatic N) is 4. The van der Waals surface area contributed by atoms with E-state index in [4.69, 9.17) is 4.42 Å². The number of thioether (sulfide) groups is 1. The average molecular weight is 474 g/mol. The fourth-order valence-corrected chi connectivity index (χ4v) is 4.93. The Morgan fingerprint density at radius 3 is 2.47 bits per heavy atom. The summed E-state index contributed by atoms with van der Waals surface area (Å²) in [5.41, 5.74) is 2.53. The smallest absolute Gasteiger partial charge is 0.255 e. The van der Waals surface area contributed by atoms with Crippen LogP contribution in [0.15, 0.2) is 82.6 Å². The molecule has 3 heterocycles. The lowest BCUT2D eigenvalue weighted by molar-refractivity contribution is 0.102. The van der Waals surface area contributed by atoms with Gasteiger partial charge in [-0.15, -0.1) is 10.2 Å². The molecule has 0 aliphatic carbocycles. The van der Waals surface area contributed by atoms with Crippen LogP contribution < -0.4 is 10.2 Å². The molecule has 2 aromatic carbocycles. The number of carbonyl (C=O) groups is 1. The van der Waals surface area contributed by atoms with Gasteiger partial charge in [0.05, 0.1) is 12.8 Å². The van der Waals surface area contributed by atoms with Crippen LogP contribution in [0.2, 0.25) is 0 Å². The van der Waals surface area contributed by atoms with Crippen molar-refractivity contribution in [2.75, 3.05) is 23.3 Å². The number of para-hydroxylation sites is 1. The van der Waals surface area contributed by atoms with E-state index in [1.807, 2.05) is 66.7 Å². The first-order chi connectivity index (χ1) is 16.8. The van der Waals surface area contributed by atoms with Crippen molar-refractivity contribution in [1.82, 2.24) is 14.8 Å². The maximum absolute atomic E-state index is 12.5. The summed E-state index contributed by atoms with van der Waals surface area (Å²) in [7, 11) is 0. The molecule has 0 saturated carbocycles. The molecule has 5 rings (SSSR count). The third-order valence-electron chi connectivity index (χ3n) is 5.85. The Kier molecular flexibility index (Phi) is 6.95. The zero-order valence-corrected chi connectivity index (χ0v) is 19.7. The van der Waals surface area contributed by atoms with Gasteiger partial charge in [0.2, 0.25) is 5.95 Å². The highest BCUT2D eigenvalue weighted by Crippen LogP contribution is 2.28. The van der Waals surface area contributed by atoms with Crippen LogP contribution in [-0.4, -0.2) is 33.8 Å². The molecule has 1 amide bonds. The van der Waals surface area contributed by atoms with E-state index in [1.165, 1.54) is 19.3 Å². The van der Waals surface area contributed by atoms with Crippen LogP contribution in [0.4, 0.5) is 11.6 Å². The van der Waals surface area contributed by atoms with Crippen molar-refractivity contribution in [1.29, 1.82) is 0 Å². The number of nitrogens with one attached hydrogen (secondary N) is 1. The lowest BCUT2D eigenvalue weighted by atomic mass is 10.1. The Morgan fingerprint density at radius 2 is 1.74 bits per heavy atom. The van der Waals surface area contributed by atoms with Gasteiger partial charge in [0.15, 0.2) is 5.16 Å². The maximum atomic E-state index is 12.5. The van der Waals surface area contributed by atoms with Gasteiger partial charge in [0.25, 0.3) is 5.91 Å². The monoisotopic (exact) mass is 473 g/mol. The van der Waals surface area contributed by atoms with Crippen molar-refractivity contribution in [2.45, 2.75) is 36.7 Å². The van der Waals surface area contributed by atoms with E-state index in [9.17, 15) is 4.79 Å². The highest BCUT2D eigenvalue weighted by atomic mass is 32.2. The summed E-state index contributed by atoms with van der Waals surface area (Å²) in [5, 5.41) is 12.8. The Morgan fingerprint density at radius 1 is 0.941 bits per heavy atom. The molecule has 7 nitrogen and oxygen atoms in total. The lowest BCUT2D eigenvalue weighted by Gasteiger charge is -2.27. The van der Waals surface area contributed by atoms with Crippen molar-refractivity contribution in [3.8, 4) is 0 Å². The van der Waals surface area contributed by atoms with Gasteiger partial charge >= 0.3 is 0 Å². The summed E-state index contributed by atoms with van der Waals surface area (Å²) in [4.78, 5) is 14.8. The van der Waals surface area contributed by atoms with Crippen LogP contribution in [0.3, 0.4) is 0 Å². The molecule has 1 N–H and O–H groups in total. The molecule has 4 aromatic rings. The number of benzene rings is 2. The first-order valence-electron chi connectivity index (χ1n) is 11.5. The molecule has 8 heteroatoms. The molecular formula is C26H27N5O2S. The minimum atomic E-state index is -0.116. The van der Waals surface area contributed by atoms with Crippen LogP contribution >= 0.6 is 11.8 Å². The van der Waals surface area contributed by atoms with Crippen molar-refractivity contribution >= 4 is 29.3 Å². The van der Waals surface area contributed by atoms with E-state index in [2.05, 4.69) is 25.0 Å². The summed E-state index contributed by atoms with van der Waals surface area (Å²) in [6.45, 7) is 2.62. The molecule has 0 bridgehead atoms. The van der Waals surface area contributed by atoms with Gasteiger partial charge in [-0.05, 0) is 61.2 Å². The van der Waals surface area contributed by atoms with E-state index >= 15 is 0 Å². The zero-order chi connectivity index (χ0) is 23.2. The van der Waals surface area contributed by atoms with Gasteiger partial charge in [-0.3, -0.25) is 9.36 Å². The topological polar surface area (TPSA) is 76.2 Å². The van der Waals surface area contributed by atoms with Gasteiger partial charge < -0.3 is 14.6 Å². The third-order valence-corrected chi connectivity index (χ3v) is 6.88. The van der Waals surface area contributed by atoms with Crippen molar-refractivity contribution in [3.05, 3.63) is 89.9 Å². The molecule has 1 saturated heterocycles. The van der Waals surface area contributed by atoms with Gasteiger partial charge in [-0.25, -0.2) is 0 Å². The van der Waals surface area contributed by atoms with E-state index in [-0.39, 0.29) is 5.91 Å². The third kappa shape index (κ3) is 5.34. The molecule has 34 heavy (non-hydrogen) atoms. The highest BCUT2D eigenvalue weighted by molar-refractivity contribution is 7.98. The number of furan rings is 1. The Bertz CT molecular complexity index is 1200. The number of carbonyl (C=O) groups excluding carboxylic acids is 1. The first kappa shape index (κ1) is 22.3. The fourth-order valence-electron chi connectivity index (χ4n) is 4.04. The second-order valence-electron chi connectivity index (χ2n) is 8.30. The lowest BCUT2D eigenvalue weighted by Crippen LogP contribution is -2.32. The van der Waals surface area contributed by atoms with Gasteiger partial charge in [0, 0.05) is 30.1 Å². The van der Waals surface area contributed by atoms with Crippen molar-refractivity contribution in [3.63, 3.8) is 0 Å². The van der Waals surface area contributed by atoms with Crippen LogP contribution in [0.25, 0.3) is 0 Å². The zero-order valence-electron chi connectivity index (χ0n) is 18.9. The number of rotatable bonds is 8. The number of aromatic nitrogens is 3. The van der Waals surface area contributed by atoms with E-state index in [1.54, 1.807) is 18.0 Å². The Hall–Kier alpha value is -3.52. The standard InChI is InChI=1S/C26H27N5O2S/c32-24(27-22-8-3-1-4-9-22)21-13-11-20(12-14-21)19-34-26-29-28-25(30-15-5-2-6-16-30)31(26)18-23-10-7-17-33-23/h1,3-4,7-14,17H,2,5-6,15-16,18-19H2,(H,27,32). The van der Waals surface area contributed by atoms with E-state index in [0.717, 1.165) is 47.0 Å². The van der Waals surface area contributed by atoms with Crippen LogP contribution in [0.5, 0.6) is 0 Å². The van der Waals surface area contributed by atoms with Crippen molar-refractivity contribution in [2.24, 2.45) is 0 Å². The quantitative estimate of drug-likeness (QED) is 0.343. The van der Waals surface area contributed by atoms with E-state index < -0.39 is 0 Å². The molecule has 1 aliphatic heterocycles. The van der Waals surface area contributed by atoms with E-state index in [0.29, 0.717) is 12.1 Å². The molecule has 1 fully saturated rings. The fraction of sp³-hybridized carbons (Fsp3) is 0.269. The largest absolute Gasteiger partial charge is 0.467 e. The minimum absolute atomic E-state index is 0.116. The normalized spacial score (nSPS) is 13.7. The number of amides is 1.